The molecule has 1 unspecified atom stereocenters. The number of oxazole rings is 1. The average molecular weight is 455 g/mol. The molecule has 3 aromatic rings. The van der Waals surface area contributed by atoms with E-state index in [1.807, 2.05) is 0 Å². The van der Waals surface area contributed by atoms with E-state index in [2.05, 4.69) is 15.3 Å². The molecule has 0 bridgehead atoms. The van der Waals surface area contributed by atoms with E-state index in [1.165, 1.54) is 18.4 Å². The molecule has 1 aliphatic heterocycles. The number of hydrogen-bond acceptors (Lipinski definition) is 6. The van der Waals surface area contributed by atoms with E-state index >= 15 is 0 Å². The van der Waals surface area contributed by atoms with E-state index < -0.39 is 5.54 Å². The van der Waals surface area contributed by atoms with Gasteiger partial charge >= 0.3 is 0 Å². The maximum Gasteiger partial charge on any atom is 0.226 e. The van der Waals surface area contributed by atoms with Crippen LogP contribution in [0.15, 0.2) is 59.5 Å². The number of rotatable bonds is 6. The lowest BCUT2D eigenvalue weighted by Gasteiger charge is -2.43. The van der Waals surface area contributed by atoms with Gasteiger partial charge in [-0.05, 0) is 36.4 Å². The summed E-state index contributed by atoms with van der Waals surface area (Å²) in [5.74, 6) is 0.619. The molecule has 2 aromatic heterocycles. The van der Waals surface area contributed by atoms with Crippen LogP contribution >= 0.6 is 24.8 Å². The third-order valence-corrected chi connectivity index (χ3v) is 4.81. The molecule has 3 heterocycles. The number of carbonyl (C=O) groups is 1. The van der Waals surface area contributed by atoms with E-state index in [9.17, 15) is 9.18 Å². The van der Waals surface area contributed by atoms with E-state index in [0.29, 0.717) is 42.5 Å². The van der Waals surface area contributed by atoms with E-state index in [0.717, 1.165) is 6.41 Å². The second-order valence-electron chi connectivity index (χ2n) is 6.53. The highest BCUT2D eigenvalue weighted by molar-refractivity contribution is 5.85. The minimum absolute atomic E-state index is 0. The van der Waals surface area contributed by atoms with E-state index in [1.54, 1.807) is 41.6 Å². The number of carbonyl (C=O) groups excluding carboxylic acids is 1. The summed E-state index contributed by atoms with van der Waals surface area (Å²) in [7, 11) is 0. The standard InChI is InChI=1S/C20H19FN4O3.2ClH/c21-16-5-3-15(4-6-16)19-24-18(11-27-19)20(12-23-8-9-25(20)14-26)13-28-17-2-1-7-22-10-17;;/h1-7,10-11,14,23H,8-9,12-13H2;2*1H. The van der Waals surface area contributed by atoms with Gasteiger partial charge in [0.25, 0.3) is 0 Å². The predicted octanol–water partition coefficient (Wildman–Crippen LogP) is 3.06. The number of piperazine rings is 1. The monoisotopic (exact) mass is 454 g/mol. The number of nitrogens with zero attached hydrogens (tertiary/aromatic N) is 3. The largest absolute Gasteiger partial charge is 0.489 e. The molecule has 30 heavy (non-hydrogen) atoms. The highest BCUT2D eigenvalue weighted by Gasteiger charge is 2.44. The molecular weight excluding hydrogens is 434 g/mol. The third-order valence-electron chi connectivity index (χ3n) is 4.81. The van der Waals surface area contributed by atoms with Gasteiger partial charge in [-0.2, -0.15) is 0 Å². The molecule has 1 atom stereocenters. The van der Waals surface area contributed by atoms with Gasteiger partial charge in [0.2, 0.25) is 12.3 Å². The lowest BCUT2D eigenvalue weighted by Crippen LogP contribution is -2.61. The summed E-state index contributed by atoms with van der Waals surface area (Å²) in [6, 6.07) is 9.47. The van der Waals surface area contributed by atoms with Gasteiger partial charge in [0.15, 0.2) is 0 Å². The quantitative estimate of drug-likeness (QED) is 0.576. The van der Waals surface area contributed by atoms with Crippen molar-refractivity contribution in [3.05, 3.63) is 66.6 Å². The number of halogens is 3. The summed E-state index contributed by atoms with van der Waals surface area (Å²) in [5, 5.41) is 3.30. The Hall–Kier alpha value is -2.68. The summed E-state index contributed by atoms with van der Waals surface area (Å²) in [5.41, 5.74) is 0.380. The Morgan fingerprint density at radius 3 is 2.77 bits per heavy atom. The molecule has 0 spiro atoms. The highest BCUT2D eigenvalue weighted by atomic mass is 35.5. The Labute approximate surface area is 185 Å². The van der Waals surface area contributed by atoms with Crippen LogP contribution in [0.25, 0.3) is 11.5 Å². The first-order valence-corrected chi connectivity index (χ1v) is 8.89. The van der Waals surface area contributed by atoms with Crippen molar-refractivity contribution in [3.63, 3.8) is 0 Å². The maximum atomic E-state index is 13.2. The molecule has 1 saturated heterocycles. The van der Waals surface area contributed by atoms with Crippen LogP contribution in [0.5, 0.6) is 5.75 Å². The molecule has 7 nitrogen and oxygen atoms in total. The van der Waals surface area contributed by atoms with Crippen molar-refractivity contribution >= 4 is 31.2 Å². The third kappa shape index (κ3) is 4.72. The number of hydrogen-bond donors (Lipinski definition) is 1. The number of aromatic nitrogens is 2. The van der Waals surface area contributed by atoms with Crippen LogP contribution < -0.4 is 10.1 Å². The van der Waals surface area contributed by atoms with Crippen molar-refractivity contribution < 1.29 is 18.3 Å². The first-order valence-electron chi connectivity index (χ1n) is 8.89. The van der Waals surface area contributed by atoms with E-state index in [-0.39, 0.29) is 37.2 Å². The maximum absolute atomic E-state index is 13.2. The molecule has 160 valence electrons. The van der Waals surface area contributed by atoms with Gasteiger partial charge in [-0.3, -0.25) is 9.78 Å². The molecule has 0 saturated carbocycles. The molecule has 1 fully saturated rings. The number of nitrogens with one attached hydrogen (secondary N) is 1. The fourth-order valence-electron chi connectivity index (χ4n) is 3.26. The minimum atomic E-state index is -0.836. The van der Waals surface area contributed by atoms with Crippen molar-refractivity contribution in [2.45, 2.75) is 5.54 Å². The van der Waals surface area contributed by atoms with Gasteiger partial charge in [0.1, 0.15) is 35.7 Å². The van der Waals surface area contributed by atoms with Crippen molar-refractivity contribution in [2.75, 3.05) is 26.2 Å². The van der Waals surface area contributed by atoms with Crippen LogP contribution in [0.4, 0.5) is 4.39 Å². The fourth-order valence-corrected chi connectivity index (χ4v) is 3.26. The van der Waals surface area contributed by atoms with Gasteiger partial charge < -0.3 is 19.4 Å². The topological polar surface area (TPSA) is 80.5 Å². The van der Waals surface area contributed by atoms with Crippen molar-refractivity contribution in [1.29, 1.82) is 0 Å². The van der Waals surface area contributed by atoms with E-state index in [4.69, 9.17) is 9.15 Å². The van der Waals surface area contributed by atoms with Crippen LogP contribution in [-0.4, -0.2) is 47.5 Å². The number of ether oxygens (including phenoxy) is 1. The Kier molecular flexibility index (Phi) is 8.16. The number of benzene rings is 1. The summed E-state index contributed by atoms with van der Waals surface area (Å²) in [6.07, 6.45) is 5.60. The lowest BCUT2D eigenvalue weighted by atomic mass is 9.92. The van der Waals surface area contributed by atoms with Crippen LogP contribution in [-0.2, 0) is 10.3 Å². The predicted molar refractivity (Wildman–Crippen MR) is 113 cm³/mol. The minimum Gasteiger partial charge on any atom is -0.489 e. The first-order chi connectivity index (χ1) is 13.7. The summed E-state index contributed by atoms with van der Waals surface area (Å²) in [4.78, 5) is 22.1. The zero-order valence-electron chi connectivity index (χ0n) is 15.9. The van der Waals surface area contributed by atoms with Crippen LogP contribution in [0.2, 0.25) is 0 Å². The smallest absolute Gasteiger partial charge is 0.226 e. The normalized spacial score (nSPS) is 18.1. The highest BCUT2D eigenvalue weighted by Crippen LogP contribution is 2.32. The van der Waals surface area contributed by atoms with Crippen LogP contribution in [0.1, 0.15) is 5.69 Å². The lowest BCUT2D eigenvalue weighted by molar-refractivity contribution is -0.127. The number of pyridine rings is 1. The molecule has 4 rings (SSSR count). The fraction of sp³-hybridized carbons (Fsp3) is 0.250. The molecule has 1 amide bonds. The Bertz CT molecular complexity index is 943. The van der Waals surface area contributed by atoms with Gasteiger partial charge in [0.05, 0.1) is 6.20 Å². The number of amides is 1. The zero-order valence-corrected chi connectivity index (χ0v) is 17.5. The van der Waals surface area contributed by atoms with Gasteiger partial charge in [-0.25, -0.2) is 9.37 Å². The summed E-state index contributed by atoms with van der Waals surface area (Å²) < 4.78 is 24.8. The molecule has 1 N–H and O–H groups in total. The van der Waals surface area contributed by atoms with Gasteiger partial charge in [-0.1, -0.05) is 0 Å². The summed E-state index contributed by atoms with van der Waals surface area (Å²) in [6.45, 7) is 1.83. The Morgan fingerprint density at radius 1 is 1.27 bits per heavy atom. The first kappa shape index (κ1) is 23.6. The van der Waals surface area contributed by atoms with Crippen molar-refractivity contribution in [3.8, 4) is 17.2 Å². The van der Waals surface area contributed by atoms with Crippen LogP contribution in [0.3, 0.4) is 0 Å². The molecule has 0 aliphatic carbocycles. The second-order valence-corrected chi connectivity index (χ2v) is 6.53. The summed E-state index contributed by atoms with van der Waals surface area (Å²) >= 11 is 0. The molecule has 1 aliphatic rings. The van der Waals surface area contributed by atoms with Crippen molar-refractivity contribution in [1.82, 2.24) is 20.2 Å². The molecule has 10 heteroatoms. The van der Waals surface area contributed by atoms with Gasteiger partial charge in [-0.15, -0.1) is 24.8 Å². The zero-order chi connectivity index (χ0) is 19.4. The SMILES string of the molecule is Cl.Cl.O=CN1CCNCC1(COc1cccnc1)c1coc(-c2ccc(F)cc2)n1. The van der Waals surface area contributed by atoms with Crippen LogP contribution in [0, 0.1) is 5.82 Å². The average Bonchev–Trinajstić information content (AvgIpc) is 3.24. The van der Waals surface area contributed by atoms with Gasteiger partial charge in [0, 0.05) is 31.4 Å². The molecular formula is C20H21Cl2FN4O3. The molecule has 1 aromatic carbocycles. The second kappa shape index (κ2) is 10.4. The Morgan fingerprint density at radius 2 is 2.07 bits per heavy atom. The molecule has 0 radical (unpaired) electrons. The Balaban J connectivity index is 0.00000160. The van der Waals surface area contributed by atoms with Crippen molar-refractivity contribution in [2.24, 2.45) is 0 Å².